The van der Waals surface area contributed by atoms with E-state index in [2.05, 4.69) is 4.74 Å². The number of halogens is 2. The lowest BCUT2D eigenvalue weighted by Gasteiger charge is -2.33. The van der Waals surface area contributed by atoms with Gasteiger partial charge in [-0.3, -0.25) is 4.79 Å². The molecule has 0 bridgehead atoms. The topological polar surface area (TPSA) is 86.7 Å². The Morgan fingerprint density at radius 2 is 1.65 bits per heavy atom. The van der Waals surface area contributed by atoms with E-state index in [1.165, 1.54) is 20.8 Å². The molecule has 0 aliphatic rings. The SMILES string of the molecule is CC(C)(C)C(=O)OCC(C)(O)C(F)(F)C(=O)[O-]. The molecule has 0 saturated carbocycles. The number of alkyl halides is 2. The Morgan fingerprint density at radius 1 is 1.24 bits per heavy atom. The molecule has 0 heterocycles. The van der Waals surface area contributed by atoms with E-state index in [-0.39, 0.29) is 0 Å². The van der Waals surface area contributed by atoms with Crippen molar-refractivity contribution < 1.29 is 33.3 Å². The van der Waals surface area contributed by atoms with E-state index < -0.39 is 35.5 Å². The maximum Gasteiger partial charge on any atom is 0.318 e. The number of ether oxygens (including phenoxy) is 1. The lowest BCUT2D eigenvalue weighted by atomic mass is 9.96. The van der Waals surface area contributed by atoms with E-state index in [4.69, 9.17) is 0 Å². The van der Waals surface area contributed by atoms with E-state index in [1.807, 2.05) is 0 Å². The van der Waals surface area contributed by atoms with E-state index in [1.54, 1.807) is 0 Å². The van der Waals surface area contributed by atoms with Crippen molar-refractivity contribution in [2.24, 2.45) is 5.41 Å². The minimum absolute atomic E-state index is 0.554. The van der Waals surface area contributed by atoms with Gasteiger partial charge in [0, 0.05) is 0 Å². The minimum Gasteiger partial charge on any atom is -0.544 e. The summed E-state index contributed by atoms with van der Waals surface area (Å²) < 4.78 is 30.4. The Hall–Kier alpha value is -1.24. The quantitative estimate of drug-likeness (QED) is 0.696. The summed E-state index contributed by atoms with van der Waals surface area (Å²) in [6, 6.07) is 0. The Bertz CT molecular complexity index is 317. The highest BCUT2D eigenvalue weighted by molar-refractivity contribution is 5.76. The first kappa shape index (κ1) is 15.8. The third-order valence-corrected chi connectivity index (χ3v) is 2.03. The van der Waals surface area contributed by atoms with Crippen LogP contribution in [0.2, 0.25) is 0 Å². The monoisotopic (exact) mass is 253 g/mol. The molecule has 7 heteroatoms. The van der Waals surface area contributed by atoms with Crippen LogP contribution in [0.15, 0.2) is 0 Å². The third-order valence-electron chi connectivity index (χ3n) is 2.03. The van der Waals surface area contributed by atoms with Crippen LogP contribution in [0, 0.1) is 5.41 Å². The molecule has 1 atom stereocenters. The first-order valence-corrected chi connectivity index (χ1v) is 4.81. The summed E-state index contributed by atoms with van der Waals surface area (Å²) in [6.45, 7) is 3.88. The third kappa shape index (κ3) is 3.62. The number of aliphatic hydroxyl groups is 1. The van der Waals surface area contributed by atoms with Crippen LogP contribution in [0.5, 0.6) is 0 Å². The van der Waals surface area contributed by atoms with Crippen LogP contribution in [0.4, 0.5) is 8.78 Å². The lowest BCUT2D eigenvalue weighted by Crippen LogP contribution is -2.59. The van der Waals surface area contributed by atoms with Crippen molar-refractivity contribution in [1.82, 2.24) is 0 Å². The first-order valence-electron chi connectivity index (χ1n) is 4.81. The van der Waals surface area contributed by atoms with E-state index in [9.17, 15) is 28.6 Å². The van der Waals surface area contributed by atoms with Crippen molar-refractivity contribution in [3.05, 3.63) is 0 Å². The van der Waals surface area contributed by atoms with Crippen LogP contribution in [-0.4, -0.2) is 35.2 Å². The largest absolute Gasteiger partial charge is 0.544 e. The summed E-state index contributed by atoms with van der Waals surface area (Å²) in [6.07, 6.45) is 0. The van der Waals surface area contributed by atoms with Crippen LogP contribution in [0.3, 0.4) is 0 Å². The van der Waals surface area contributed by atoms with Crippen molar-refractivity contribution in [1.29, 1.82) is 0 Å². The summed E-state index contributed by atoms with van der Waals surface area (Å²) in [7, 11) is 0. The van der Waals surface area contributed by atoms with Crippen LogP contribution >= 0.6 is 0 Å². The number of rotatable bonds is 4. The summed E-state index contributed by atoms with van der Waals surface area (Å²) in [5, 5.41) is 19.4. The normalized spacial score (nSPS) is 16.2. The number of carbonyl (C=O) groups is 2. The molecule has 0 aromatic rings. The lowest BCUT2D eigenvalue weighted by molar-refractivity contribution is -0.344. The molecule has 100 valence electrons. The Morgan fingerprint density at radius 3 is 1.94 bits per heavy atom. The molecule has 0 aromatic heterocycles. The summed E-state index contributed by atoms with van der Waals surface area (Å²) in [4.78, 5) is 21.4. The van der Waals surface area contributed by atoms with Crippen LogP contribution in [-0.2, 0) is 14.3 Å². The molecule has 0 aromatic carbocycles. The van der Waals surface area contributed by atoms with Gasteiger partial charge in [0.2, 0.25) is 0 Å². The molecule has 0 radical (unpaired) electrons. The molecule has 0 rings (SSSR count). The zero-order valence-corrected chi connectivity index (χ0v) is 10.0. The fraction of sp³-hybridized carbons (Fsp3) is 0.800. The van der Waals surface area contributed by atoms with Crippen molar-refractivity contribution in [2.45, 2.75) is 39.2 Å². The van der Waals surface area contributed by atoms with Crippen molar-refractivity contribution >= 4 is 11.9 Å². The average molecular weight is 253 g/mol. The van der Waals surface area contributed by atoms with Crippen molar-refractivity contribution in [2.75, 3.05) is 6.61 Å². The van der Waals surface area contributed by atoms with Gasteiger partial charge in [0.25, 0.3) is 0 Å². The summed E-state index contributed by atoms with van der Waals surface area (Å²) >= 11 is 0. The second-order valence-electron chi connectivity index (χ2n) is 4.96. The zero-order chi connectivity index (χ0) is 14.1. The smallest absolute Gasteiger partial charge is 0.318 e. The van der Waals surface area contributed by atoms with Gasteiger partial charge in [-0.1, -0.05) is 0 Å². The Kier molecular flexibility index (Phi) is 4.23. The zero-order valence-electron chi connectivity index (χ0n) is 10.0. The molecule has 0 amide bonds. The number of carboxylic acid groups (broad SMARTS) is 1. The maximum atomic E-state index is 13.0. The number of aliphatic carboxylic acids is 1. The molecular weight excluding hydrogens is 238 g/mol. The second-order valence-corrected chi connectivity index (χ2v) is 4.96. The summed E-state index contributed by atoms with van der Waals surface area (Å²) in [5.41, 5.74) is -3.96. The fourth-order valence-electron chi connectivity index (χ4n) is 0.733. The number of hydrogen-bond donors (Lipinski definition) is 1. The van der Waals surface area contributed by atoms with Gasteiger partial charge in [-0.15, -0.1) is 0 Å². The summed E-state index contributed by atoms with van der Waals surface area (Å²) in [5.74, 6) is -8.06. The molecule has 0 fully saturated rings. The van der Waals surface area contributed by atoms with Gasteiger partial charge in [-0.05, 0) is 27.7 Å². The fourth-order valence-corrected chi connectivity index (χ4v) is 0.733. The molecule has 0 spiro atoms. The number of hydrogen-bond acceptors (Lipinski definition) is 5. The molecule has 1 unspecified atom stereocenters. The number of carbonyl (C=O) groups excluding carboxylic acids is 2. The van der Waals surface area contributed by atoms with Crippen LogP contribution < -0.4 is 5.11 Å². The molecule has 17 heavy (non-hydrogen) atoms. The Labute approximate surface area is 97.4 Å². The average Bonchev–Trinajstić information content (AvgIpc) is 2.12. The molecule has 5 nitrogen and oxygen atoms in total. The van der Waals surface area contributed by atoms with Gasteiger partial charge in [0.15, 0.2) is 5.60 Å². The molecular formula is C10H15F2O5-. The molecule has 1 N–H and O–H groups in total. The second kappa shape index (κ2) is 4.56. The van der Waals surface area contributed by atoms with Crippen LogP contribution in [0.1, 0.15) is 27.7 Å². The highest BCUT2D eigenvalue weighted by Gasteiger charge is 2.51. The molecule has 0 aliphatic heterocycles. The van der Waals surface area contributed by atoms with Crippen molar-refractivity contribution in [3.8, 4) is 0 Å². The predicted molar refractivity (Wildman–Crippen MR) is 51.0 cm³/mol. The van der Waals surface area contributed by atoms with E-state index >= 15 is 0 Å². The van der Waals surface area contributed by atoms with Crippen LogP contribution in [0.25, 0.3) is 0 Å². The van der Waals surface area contributed by atoms with E-state index in [0.29, 0.717) is 6.92 Å². The number of carboxylic acids is 1. The maximum absolute atomic E-state index is 13.0. The predicted octanol–water partition coefficient (Wildman–Crippen LogP) is -0.288. The molecule has 0 aliphatic carbocycles. The number of esters is 1. The van der Waals surface area contributed by atoms with Gasteiger partial charge >= 0.3 is 11.9 Å². The van der Waals surface area contributed by atoms with Gasteiger partial charge < -0.3 is 19.7 Å². The highest BCUT2D eigenvalue weighted by Crippen LogP contribution is 2.29. The highest BCUT2D eigenvalue weighted by atomic mass is 19.3. The minimum atomic E-state index is -4.51. The van der Waals surface area contributed by atoms with E-state index in [0.717, 1.165) is 0 Å². The first-order chi connectivity index (χ1) is 7.32. The van der Waals surface area contributed by atoms with Gasteiger partial charge in [0.1, 0.15) is 12.6 Å². The molecule has 0 saturated heterocycles. The van der Waals surface area contributed by atoms with Gasteiger partial charge in [0.05, 0.1) is 5.41 Å². The van der Waals surface area contributed by atoms with Gasteiger partial charge in [-0.25, -0.2) is 0 Å². The van der Waals surface area contributed by atoms with Crippen molar-refractivity contribution in [3.63, 3.8) is 0 Å². The van der Waals surface area contributed by atoms with Gasteiger partial charge in [-0.2, -0.15) is 8.78 Å². The standard InChI is InChI=1S/C10H16F2O5/c1-8(2,3)7(15)17-5-9(4,16)10(11,12)6(13)14/h16H,5H2,1-4H3,(H,13,14)/p-1. The Balaban J connectivity index is 4.69.